The number of nitrogens with zero attached hydrogens (tertiary/aromatic N) is 2. The lowest BCUT2D eigenvalue weighted by atomic mass is 10.2. The van der Waals surface area contributed by atoms with Gasteiger partial charge in [-0.15, -0.1) is 0 Å². The lowest BCUT2D eigenvalue weighted by molar-refractivity contribution is 0.266. The van der Waals surface area contributed by atoms with E-state index in [0.717, 1.165) is 6.54 Å². The number of hydrogen-bond acceptors (Lipinski definition) is 2. The topological polar surface area (TPSA) is 16.1 Å². The first-order valence-electron chi connectivity index (χ1n) is 4.29. The molecule has 66 valence electrons. The number of hydrogen-bond donors (Lipinski definition) is 0. The van der Waals surface area contributed by atoms with Crippen LogP contribution in [0.5, 0.6) is 0 Å². The molecule has 0 atom stereocenters. The van der Waals surface area contributed by atoms with E-state index in [1.807, 2.05) is 12.4 Å². The maximum absolute atomic E-state index is 3.98. The largest absolute Gasteiger partial charge is 0.300 e. The van der Waals surface area contributed by atoms with Crippen LogP contribution in [0, 0.1) is 0 Å². The van der Waals surface area contributed by atoms with Gasteiger partial charge in [-0.1, -0.05) is 0 Å². The smallest absolute Gasteiger partial charge is 0.0271 e. The van der Waals surface area contributed by atoms with E-state index >= 15 is 0 Å². The maximum Gasteiger partial charge on any atom is 0.0271 e. The van der Waals surface area contributed by atoms with Gasteiger partial charge >= 0.3 is 0 Å². The van der Waals surface area contributed by atoms with Crippen molar-refractivity contribution in [3.05, 3.63) is 30.1 Å². The second kappa shape index (κ2) is 4.21. The molecule has 1 aromatic heterocycles. The van der Waals surface area contributed by atoms with Gasteiger partial charge in [-0.3, -0.25) is 9.88 Å². The summed E-state index contributed by atoms with van der Waals surface area (Å²) >= 11 is 0. The molecule has 0 spiro atoms. The Morgan fingerprint density at radius 2 is 1.92 bits per heavy atom. The summed E-state index contributed by atoms with van der Waals surface area (Å²) in [5, 5.41) is 0. The lowest BCUT2D eigenvalue weighted by Gasteiger charge is -2.20. The van der Waals surface area contributed by atoms with Gasteiger partial charge in [0.25, 0.3) is 0 Å². The van der Waals surface area contributed by atoms with Crippen LogP contribution in [0.2, 0.25) is 0 Å². The number of rotatable bonds is 3. The summed E-state index contributed by atoms with van der Waals surface area (Å²) in [4.78, 5) is 6.28. The molecule has 12 heavy (non-hydrogen) atoms. The Morgan fingerprint density at radius 1 is 1.33 bits per heavy atom. The Labute approximate surface area is 74.2 Å². The Bertz CT molecular complexity index is 219. The van der Waals surface area contributed by atoms with Crippen LogP contribution < -0.4 is 0 Å². The summed E-state index contributed by atoms with van der Waals surface area (Å²) in [5.74, 6) is 0. The molecule has 0 N–H and O–H groups in total. The fraction of sp³-hybridized carbons (Fsp3) is 0.500. The van der Waals surface area contributed by atoms with E-state index in [9.17, 15) is 0 Å². The molecule has 1 heterocycles. The SMILES string of the molecule is CC(C)N(C)Cc1ccncc1. The third-order valence-electron chi connectivity index (χ3n) is 2.06. The molecular weight excluding hydrogens is 148 g/mol. The molecule has 1 aromatic rings. The standard InChI is InChI=1S/C10H16N2/c1-9(2)12(3)8-10-4-6-11-7-5-10/h4-7,9H,8H2,1-3H3. The molecule has 0 unspecified atom stereocenters. The number of pyridine rings is 1. The van der Waals surface area contributed by atoms with Crippen molar-refractivity contribution in [3.8, 4) is 0 Å². The molecule has 0 aliphatic rings. The maximum atomic E-state index is 3.98. The normalized spacial score (nSPS) is 11.1. The van der Waals surface area contributed by atoms with Gasteiger partial charge in [0.15, 0.2) is 0 Å². The highest BCUT2D eigenvalue weighted by Crippen LogP contribution is 2.03. The van der Waals surface area contributed by atoms with Gasteiger partial charge in [0, 0.05) is 25.0 Å². The highest BCUT2D eigenvalue weighted by atomic mass is 15.1. The van der Waals surface area contributed by atoms with E-state index in [1.165, 1.54) is 5.56 Å². The van der Waals surface area contributed by atoms with E-state index < -0.39 is 0 Å². The minimum atomic E-state index is 0.596. The summed E-state index contributed by atoms with van der Waals surface area (Å²) in [6.45, 7) is 5.39. The average Bonchev–Trinajstić information content (AvgIpc) is 2.06. The highest BCUT2D eigenvalue weighted by molar-refractivity contribution is 5.09. The minimum Gasteiger partial charge on any atom is -0.300 e. The first-order chi connectivity index (χ1) is 5.70. The molecule has 0 aliphatic heterocycles. The Hall–Kier alpha value is -0.890. The van der Waals surface area contributed by atoms with Crippen molar-refractivity contribution in [1.29, 1.82) is 0 Å². The zero-order valence-electron chi connectivity index (χ0n) is 7.99. The number of aromatic nitrogens is 1. The van der Waals surface area contributed by atoms with Crippen LogP contribution in [0.1, 0.15) is 19.4 Å². The van der Waals surface area contributed by atoms with Crippen LogP contribution in [0.3, 0.4) is 0 Å². The van der Waals surface area contributed by atoms with Gasteiger partial charge < -0.3 is 0 Å². The monoisotopic (exact) mass is 164 g/mol. The van der Waals surface area contributed by atoms with Gasteiger partial charge in [0.05, 0.1) is 0 Å². The molecule has 0 aliphatic carbocycles. The molecular formula is C10H16N2. The molecule has 0 radical (unpaired) electrons. The summed E-state index contributed by atoms with van der Waals surface area (Å²) < 4.78 is 0. The van der Waals surface area contributed by atoms with Gasteiger partial charge in [-0.05, 0) is 38.6 Å². The highest BCUT2D eigenvalue weighted by Gasteiger charge is 2.02. The van der Waals surface area contributed by atoms with Crippen LogP contribution in [-0.4, -0.2) is 23.0 Å². The summed E-state index contributed by atoms with van der Waals surface area (Å²) in [7, 11) is 2.13. The molecule has 0 amide bonds. The van der Waals surface area contributed by atoms with Crippen LogP contribution >= 0.6 is 0 Å². The fourth-order valence-electron chi connectivity index (χ4n) is 0.959. The van der Waals surface area contributed by atoms with E-state index in [0.29, 0.717) is 6.04 Å². The summed E-state index contributed by atoms with van der Waals surface area (Å²) in [5.41, 5.74) is 1.32. The molecule has 0 aromatic carbocycles. The third-order valence-corrected chi connectivity index (χ3v) is 2.06. The van der Waals surface area contributed by atoms with Gasteiger partial charge in [0.2, 0.25) is 0 Å². The van der Waals surface area contributed by atoms with E-state index in [1.54, 1.807) is 0 Å². The molecule has 0 bridgehead atoms. The summed E-state index contributed by atoms with van der Waals surface area (Å²) in [6.07, 6.45) is 3.67. The van der Waals surface area contributed by atoms with Crippen molar-refractivity contribution in [2.24, 2.45) is 0 Å². The van der Waals surface area contributed by atoms with Crippen LogP contribution in [0.4, 0.5) is 0 Å². The van der Waals surface area contributed by atoms with Crippen LogP contribution in [-0.2, 0) is 6.54 Å². The molecule has 0 fully saturated rings. The van der Waals surface area contributed by atoms with Gasteiger partial charge in [-0.2, -0.15) is 0 Å². The first kappa shape index (κ1) is 9.20. The van der Waals surface area contributed by atoms with Gasteiger partial charge in [0.1, 0.15) is 0 Å². The van der Waals surface area contributed by atoms with E-state index in [4.69, 9.17) is 0 Å². The molecule has 2 heteroatoms. The Kier molecular flexibility index (Phi) is 3.23. The Morgan fingerprint density at radius 3 is 2.42 bits per heavy atom. The first-order valence-corrected chi connectivity index (χ1v) is 4.29. The van der Waals surface area contributed by atoms with Crippen molar-refractivity contribution in [3.63, 3.8) is 0 Å². The van der Waals surface area contributed by atoms with Crippen molar-refractivity contribution in [2.45, 2.75) is 26.4 Å². The predicted octanol–water partition coefficient (Wildman–Crippen LogP) is 1.92. The van der Waals surface area contributed by atoms with Crippen LogP contribution in [0.25, 0.3) is 0 Å². The Balaban J connectivity index is 2.53. The minimum absolute atomic E-state index is 0.596. The zero-order chi connectivity index (χ0) is 8.97. The molecule has 1 rings (SSSR count). The van der Waals surface area contributed by atoms with Crippen molar-refractivity contribution in [2.75, 3.05) is 7.05 Å². The second-order valence-corrected chi connectivity index (χ2v) is 3.36. The van der Waals surface area contributed by atoms with E-state index in [2.05, 4.69) is 42.9 Å². The van der Waals surface area contributed by atoms with Crippen molar-refractivity contribution < 1.29 is 0 Å². The van der Waals surface area contributed by atoms with E-state index in [-0.39, 0.29) is 0 Å². The summed E-state index contributed by atoms with van der Waals surface area (Å²) in [6, 6.07) is 4.70. The van der Waals surface area contributed by atoms with Crippen molar-refractivity contribution in [1.82, 2.24) is 9.88 Å². The van der Waals surface area contributed by atoms with Crippen molar-refractivity contribution >= 4 is 0 Å². The fourth-order valence-corrected chi connectivity index (χ4v) is 0.959. The molecule has 0 saturated carbocycles. The van der Waals surface area contributed by atoms with Crippen LogP contribution in [0.15, 0.2) is 24.5 Å². The lowest BCUT2D eigenvalue weighted by Crippen LogP contribution is -2.25. The predicted molar refractivity (Wildman–Crippen MR) is 50.8 cm³/mol. The zero-order valence-corrected chi connectivity index (χ0v) is 7.99. The molecule has 0 saturated heterocycles. The molecule has 2 nitrogen and oxygen atoms in total. The average molecular weight is 164 g/mol. The third kappa shape index (κ3) is 2.62. The van der Waals surface area contributed by atoms with Gasteiger partial charge in [-0.25, -0.2) is 0 Å². The second-order valence-electron chi connectivity index (χ2n) is 3.36. The quantitative estimate of drug-likeness (QED) is 0.678.